The van der Waals surface area contributed by atoms with Gasteiger partial charge in [-0.25, -0.2) is 4.98 Å². The van der Waals surface area contributed by atoms with Gasteiger partial charge in [0.05, 0.1) is 25.8 Å². The number of carboxylic acid groups (broad SMARTS) is 1. The molecular weight excluding hydrogens is 444 g/mol. The Morgan fingerprint density at radius 1 is 1.23 bits per heavy atom. The van der Waals surface area contributed by atoms with Crippen molar-refractivity contribution in [1.29, 1.82) is 0 Å². The average Bonchev–Trinajstić information content (AvgIpc) is 3.60. The molecule has 0 saturated carbocycles. The van der Waals surface area contributed by atoms with E-state index in [1.807, 2.05) is 61.7 Å². The lowest BCUT2D eigenvalue weighted by molar-refractivity contribution is -0.137. The van der Waals surface area contributed by atoms with Crippen molar-refractivity contribution in [3.8, 4) is 34.2 Å². The maximum Gasteiger partial charge on any atom is 0.303 e. The van der Waals surface area contributed by atoms with E-state index >= 15 is 0 Å². The van der Waals surface area contributed by atoms with Crippen LogP contribution < -0.4 is 9.47 Å². The van der Waals surface area contributed by atoms with Gasteiger partial charge < -0.3 is 24.0 Å². The molecule has 2 aromatic carbocycles. The lowest BCUT2D eigenvalue weighted by Crippen LogP contribution is -2.04. The van der Waals surface area contributed by atoms with Crippen LogP contribution in [0, 0.1) is 6.92 Å². The molecule has 35 heavy (non-hydrogen) atoms. The molecule has 0 spiro atoms. The van der Waals surface area contributed by atoms with Crippen LogP contribution in [0.15, 0.2) is 59.1 Å². The number of nitrogens with one attached hydrogen (secondary N) is 1. The third-order valence-corrected chi connectivity index (χ3v) is 6.57. The average molecular weight is 473 g/mol. The molecule has 0 amide bonds. The molecule has 2 N–H and O–H groups in total. The van der Waals surface area contributed by atoms with Crippen molar-refractivity contribution in [3.05, 3.63) is 77.3 Å². The number of aliphatic carboxylic acids is 1. The number of hydrogen-bond donors (Lipinski definition) is 2. The highest BCUT2D eigenvalue weighted by Crippen LogP contribution is 2.37. The van der Waals surface area contributed by atoms with Crippen LogP contribution in [0.2, 0.25) is 0 Å². The molecule has 5 rings (SSSR count). The fraction of sp³-hybridized carbons (Fsp3) is 0.286. The van der Waals surface area contributed by atoms with Crippen molar-refractivity contribution in [1.82, 2.24) is 9.97 Å². The number of nitrogens with zero attached hydrogens (tertiary/aromatic N) is 1. The summed E-state index contributed by atoms with van der Waals surface area (Å²) < 4.78 is 17.5. The molecule has 2 aromatic heterocycles. The Bertz CT molecular complexity index is 1340. The van der Waals surface area contributed by atoms with Gasteiger partial charge in [-0.15, -0.1) is 0 Å². The van der Waals surface area contributed by atoms with Crippen molar-refractivity contribution < 1.29 is 23.8 Å². The van der Waals surface area contributed by atoms with E-state index in [-0.39, 0.29) is 12.3 Å². The Labute approximate surface area is 203 Å². The van der Waals surface area contributed by atoms with Gasteiger partial charge >= 0.3 is 5.97 Å². The summed E-state index contributed by atoms with van der Waals surface area (Å²) >= 11 is 0. The van der Waals surface area contributed by atoms with E-state index in [1.54, 1.807) is 7.11 Å². The number of oxazole rings is 1. The third kappa shape index (κ3) is 4.80. The molecule has 1 atom stereocenters. The summed E-state index contributed by atoms with van der Waals surface area (Å²) in [5.41, 5.74) is 5.96. The summed E-state index contributed by atoms with van der Waals surface area (Å²) in [5, 5.41) is 9.11. The first-order valence-electron chi connectivity index (χ1n) is 11.8. The van der Waals surface area contributed by atoms with Crippen molar-refractivity contribution in [2.24, 2.45) is 0 Å². The number of fused-ring (bicyclic) bond motifs is 1. The van der Waals surface area contributed by atoms with E-state index < -0.39 is 5.97 Å². The highest BCUT2D eigenvalue weighted by atomic mass is 16.5. The smallest absolute Gasteiger partial charge is 0.303 e. The first-order valence-corrected chi connectivity index (χ1v) is 11.8. The van der Waals surface area contributed by atoms with Gasteiger partial charge in [-0.1, -0.05) is 6.07 Å². The number of methoxy groups -OCH3 is 1. The minimum absolute atomic E-state index is 0.100. The molecule has 0 saturated heterocycles. The van der Waals surface area contributed by atoms with Gasteiger partial charge in [-0.2, -0.15) is 0 Å². The number of benzene rings is 2. The van der Waals surface area contributed by atoms with Gasteiger partial charge in [0.25, 0.3) is 0 Å². The highest BCUT2D eigenvalue weighted by Gasteiger charge is 2.25. The van der Waals surface area contributed by atoms with Crippen LogP contribution in [-0.4, -0.2) is 34.8 Å². The first-order chi connectivity index (χ1) is 17.0. The number of aromatic amines is 1. The lowest BCUT2D eigenvalue weighted by Gasteiger charge is -2.10. The van der Waals surface area contributed by atoms with Gasteiger partial charge in [-0.05, 0) is 79.3 Å². The Morgan fingerprint density at radius 2 is 2.11 bits per heavy atom. The predicted molar refractivity (Wildman–Crippen MR) is 132 cm³/mol. The predicted octanol–water partition coefficient (Wildman–Crippen LogP) is 5.78. The van der Waals surface area contributed by atoms with E-state index in [1.165, 1.54) is 5.56 Å². The normalized spacial score (nSPS) is 14.6. The number of carbonyl (C=O) groups is 1. The van der Waals surface area contributed by atoms with E-state index in [0.29, 0.717) is 18.9 Å². The molecule has 0 fully saturated rings. The molecule has 1 aliphatic carbocycles. The highest BCUT2D eigenvalue weighted by molar-refractivity contribution is 5.73. The Balaban J connectivity index is 1.26. The van der Waals surface area contributed by atoms with Gasteiger partial charge in [-0.3, -0.25) is 4.79 Å². The van der Waals surface area contributed by atoms with Gasteiger partial charge in [0, 0.05) is 29.4 Å². The van der Waals surface area contributed by atoms with E-state index in [9.17, 15) is 4.79 Å². The maximum absolute atomic E-state index is 11.1. The number of hydrogen-bond acceptors (Lipinski definition) is 5. The number of carboxylic acids is 1. The Hall–Kier alpha value is -4.00. The summed E-state index contributed by atoms with van der Waals surface area (Å²) in [6.45, 7) is 2.39. The molecule has 0 aliphatic heterocycles. The summed E-state index contributed by atoms with van der Waals surface area (Å²) in [6, 6.07) is 15.8. The molecule has 0 radical (unpaired) electrons. The second-order valence-electron chi connectivity index (χ2n) is 8.81. The first kappa shape index (κ1) is 22.8. The zero-order chi connectivity index (χ0) is 24.4. The van der Waals surface area contributed by atoms with Crippen molar-refractivity contribution >= 4 is 5.97 Å². The third-order valence-electron chi connectivity index (χ3n) is 6.57. The standard InChI is InChI=1S/C28H28N2O5/c1-17-24(11-13-34-21-8-9-22-18(14-21)5-6-19(22)16-27(31)32)30-28(35-17)20-7-10-26(33-2)23(15-20)25-4-3-12-29-25/h3-4,7-10,12,14-15,19,29H,5-6,11,13,16H2,1-2H3,(H,31,32)/t19-/m0/s1. The van der Waals surface area contributed by atoms with Crippen molar-refractivity contribution in [3.63, 3.8) is 0 Å². The van der Waals surface area contributed by atoms with E-state index in [4.69, 9.17) is 24.0 Å². The van der Waals surface area contributed by atoms with Crippen LogP contribution in [0.3, 0.4) is 0 Å². The SMILES string of the molecule is COc1ccc(-c2nc(CCOc3ccc4c(c3)CC[C@H]4CC(=O)O)c(C)o2)cc1-c1ccc[nH]1. The lowest BCUT2D eigenvalue weighted by atomic mass is 9.98. The van der Waals surface area contributed by atoms with Crippen LogP contribution in [-0.2, 0) is 17.6 Å². The van der Waals surface area contributed by atoms with Gasteiger partial charge in [0.2, 0.25) is 5.89 Å². The topological polar surface area (TPSA) is 97.6 Å². The molecule has 7 nitrogen and oxygen atoms in total. The van der Waals surface area contributed by atoms with Gasteiger partial charge in [0.1, 0.15) is 17.3 Å². The fourth-order valence-corrected chi connectivity index (χ4v) is 4.79. The second-order valence-corrected chi connectivity index (χ2v) is 8.81. The monoisotopic (exact) mass is 472 g/mol. The summed E-state index contributed by atoms with van der Waals surface area (Å²) in [7, 11) is 1.66. The second kappa shape index (κ2) is 9.70. The number of aryl methyl sites for hydroxylation is 2. The fourth-order valence-electron chi connectivity index (χ4n) is 4.79. The molecule has 2 heterocycles. The minimum atomic E-state index is -0.749. The van der Waals surface area contributed by atoms with Gasteiger partial charge in [0.15, 0.2) is 0 Å². The van der Waals surface area contributed by atoms with Crippen LogP contribution in [0.25, 0.3) is 22.7 Å². The Morgan fingerprint density at radius 3 is 2.89 bits per heavy atom. The molecule has 0 unspecified atom stereocenters. The van der Waals surface area contributed by atoms with E-state index in [2.05, 4.69) is 4.98 Å². The maximum atomic E-state index is 11.1. The molecule has 7 heteroatoms. The minimum Gasteiger partial charge on any atom is -0.496 e. The van der Waals surface area contributed by atoms with Crippen molar-refractivity contribution in [2.75, 3.05) is 13.7 Å². The quantitative estimate of drug-likeness (QED) is 0.320. The van der Waals surface area contributed by atoms with E-state index in [0.717, 1.165) is 58.2 Å². The van der Waals surface area contributed by atoms with Crippen LogP contribution in [0.1, 0.15) is 41.3 Å². The number of ether oxygens (including phenoxy) is 2. The number of rotatable bonds is 9. The Kier molecular flexibility index (Phi) is 6.31. The molecule has 0 bridgehead atoms. The summed E-state index contributed by atoms with van der Waals surface area (Å²) in [4.78, 5) is 19.0. The largest absolute Gasteiger partial charge is 0.496 e. The zero-order valence-corrected chi connectivity index (χ0v) is 19.8. The van der Waals surface area contributed by atoms with Crippen LogP contribution in [0.5, 0.6) is 11.5 Å². The molecule has 4 aromatic rings. The number of H-pyrrole nitrogens is 1. The summed E-state index contributed by atoms with van der Waals surface area (Å²) in [6.07, 6.45) is 4.45. The molecule has 180 valence electrons. The zero-order valence-electron chi connectivity index (χ0n) is 19.8. The van der Waals surface area contributed by atoms with Crippen LogP contribution >= 0.6 is 0 Å². The number of aromatic nitrogens is 2. The van der Waals surface area contributed by atoms with Crippen molar-refractivity contribution in [2.45, 2.75) is 38.5 Å². The molecular formula is C28H28N2O5. The summed E-state index contributed by atoms with van der Waals surface area (Å²) in [5.74, 6) is 2.26. The molecule has 1 aliphatic rings. The van der Waals surface area contributed by atoms with Crippen LogP contribution in [0.4, 0.5) is 0 Å².